The number of benzene rings is 1. The molecule has 1 N–H and O–H groups in total. The van der Waals surface area contributed by atoms with Crippen LogP contribution in [0.25, 0.3) is 0 Å². The Morgan fingerprint density at radius 3 is 2.33 bits per heavy atom. The third-order valence-electron chi connectivity index (χ3n) is 4.22. The van der Waals surface area contributed by atoms with Gasteiger partial charge in [-0.1, -0.05) is 32.9 Å². The molecule has 0 radical (unpaired) electrons. The summed E-state index contributed by atoms with van der Waals surface area (Å²) in [4.78, 5) is 2.35. The quantitative estimate of drug-likeness (QED) is 0.793. The number of likely N-dealkylation sites (N-methyl/N-ethyl adjacent to an activating group) is 2. The van der Waals surface area contributed by atoms with Gasteiger partial charge in [0.1, 0.15) is 0 Å². The first kappa shape index (κ1) is 17.9. The first-order valence-corrected chi connectivity index (χ1v) is 7.74. The summed E-state index contributed by atoms with van der Waals surface area (Å²) >= 11 is 0. The van der Waals surface area contributed by atoms with Crippen molar-refractivity contribution in [2.75, 3.05) is 26.7 Å². The zero-order valence-electron chi connectivity index (χ0n) is 14.2. The second kappa shape index (κ2) is 7.76. The molecule has 1 rings (SSSR count). The van der Waals surface area contributed by atoms with Gasteiger partial charge in [-0.2, -0.15) is 0 Å². The molecule has 1 atom stereocenters. The number of nitrogens with zero attached hydrogens (tertiary/aromatic N) is 1. The molecule has 1 aromatic carbocycles. The number of ether oxygens (including phenoxy) is 1. The van der Waals surface area contributed by atoms with E-state index >= 15 is 0 Å². The lowest BCUT2D eigenvalue weighted by Gasteiger charge is -2.44. The van der Waals surface area contributed by atoms with Crippen LogP contribution in [0.15, 0.2) is 18.2 Å². The monoisotopic (exact) mass is 296 g/mol. The van der Waals surface area contributed by atoms with E-state index in [9.17, 15) is 4.39 Å². The minimum absolute atomic E-state index is 0.0995. The number of methoxy groups -OCH3 is 1. The molecule has 3 nitrogen and oxygen atoms in total. The Hall–Kier alpha value is -1.13. The van der Waals surface area contributed by atoms with E-state index in [0.717, 1.165) is 19.6 Å². The molecule has 0 aliphatic rings. The molecule has 0 heterocycles. The molecule has 0 spiro atoms. The average molecular weight is 296 g/mol. The van der Waals surface area contributed by atoms with Crippen molar-refractivity contribution in [3.8, 4) is 5.75 Å². The lowest BCUT2D eigenvalue weighted by Crippen LogP contribution is -2.52. The van der Waals surface area contributed by atoms with Crippen LogP contribution in [0.2, 0.25) is 0 Å². The molecule has 120 valence electrons. The lowest BCUT2D eigenvalue weighted by molar-refractivity contribution is 0.0901. The van der Waals surface area contributed by atoms with Gasteiger partial charge in [0.05, 0.1) is 13.2 Å². The second-order valence-corrected chi connectivity index (χ2v) is 5.68. The smallest absolute Gasteiger partial charge is 0.169 e. The predicted molar refractivity (Wildman–Crippen MR) is 86.4 cm³/mol. The molecule has 21 heavy (non-hydrogen) atoms. The fourth-order valence-electron chi connectivity index (χ4n) is 3.07. The van der Waals surface area contributed by atoms with Crippen LogP contribution in [0.3, 0.4) is 0 Å². The second-order valence-electron chi connectivity index (χ2n) is 5.68. The zero-order valence-corrected chi connectivity index (χ0v) is 14.2. The maximum absolute atomic E-state index is 14.7. The van der Waals surface area contributed by atoms with Crippen molar-refractivity contribution in [1.29, 1.82) is 0 Å². The fraction of sp³-hybridized carbons (Fsp3) is 0.647. The normalized spacial score (nSPS) is 13.5. The molecule has 1 unspecified atom stereocenters. The molecule has 0 aromatic heterocycles. The minimum Gasteiger partial charge on any atom is -0.494 e. The Labute approximate surface area is 128 Å². The van der Waals surface area contributed by atoms with E-state index in [1.54, 1.807) is 6.07 Å². The Morgan fingerprint density at radius 1 is 1.24 bits per heavy atom. The van der Waals surface area contributed by atoms with Crippen LogP contribution in [0.1, 0.15) is 46.2 Å². The molecule has 0 amide bonds. The van der Waals surface area contributed by atoms with Gasteiger partial charge >= 0.3 is 0 Å². The van der Waals surface area contributed by atoms with Crippen molar-refractivity contribution < 1.29 is 9.13 Å². The van der Waals surface area contributed by atoms with Gasteiger partial charge in [0, 0.05) is 11.1 Å². The van der Waals surface area contributed by atoms with Crippen LogP contribution >= 0.6 is 0 Å². The lowest BCUT2D eigenvalue weighted by atomic mass is 9.86. The third kappa shape index (κ3) is 3.74. The molecular weight excluding hydrogens is 267 g/mol. The van der Waals surface area contributed by atoms with Crippen LogP contribution in [-0.2, 0) is 0 Å². The number of hydrogen-bond donors (Lipinski definition) is 1. The van der Waals surface area contributed by atoms with E-state index < -0.39 is 0 Å². The Kier molecular flexibility index (Phi) is 6.62. The minimum atomic E-state index is -0.272. The summed E-state index contributed by atoms with van der Waals surface area (Å²) in [6, 6.07) is 5.25. The van der Waals surface area contributed by atoms with Gasteiger partial charge in [-0.25, -0.2) is 4.39 Å². The van der Waals surface area contributed by atoms with Crippen LogP contribution < -0.4 is 10.1 Å². The summed E-state index contributed by atoms with van der Waals surface area (Å²) in [5.74, 6) is 0.0249. The molecule has 1 aromatic rings. The average Bonchev–Trinajstić information content (AvgIpc) is 2.46. The summed E-state index contributed by atoms with van der Waals surface area (Å²) in [5, 5.41) is 3.44. The molecule has 0 saturated carbocycles. The van der Waals surface area contributed by atoms with Crippen LogP contribution in [-0.4, -0.2) is 37.2 Å². The topological polar surface area (TPSA) is 24.5 Å². The van der Waals surface area contributed by atoms with Gasteiger partial charge in [-0.15, -0.1) is 0 Å². The largest absolute Gasteiger partial charge is 0.494 e. The summed E-state index contributed by atoms with van der Waals surface area (Å²) in [6.07, 6.45) is 0. The van der Waals surface area contributed by atoms with Crippen molar-refractivity contribution >= 4 is 0 Å². The van der Waals surface area contributed by atoms with Gasteiger partial charge in [0.2, 0.25) is 0 Å². The summed E-state index contributed by atoms with van der Waals surface area (Å²) in [5.41, 5.74) is 0.459. The van der Waals surface area contributed by atoms with Gasteiger partial charge in [-0.05, 0) is 39.5 Å². The van der Waals surface area contributed by atoms with Gasteiger partial charge in [0.25, 0.3) is 0 Å². The van der Waals surface area contributed by atoms with Crippen LogP contribution in [0, 0.1) is 5.82 Å². The van der Waals surface area contributed by atoms with E-state index in [4.69, 9.17) is 4.74 Å². The molecular formula is C17H29FN2O. The highest BCUT2D eigenvalue weighted by molar-refractivity contribution is 5.34. The van der Waals surface area contributed by atoms with E-state index in [2.05, 4.69) is 37.9 Å². The van der Waals surface area contributed by atoms with E-state index in [0.29, 0.717) is 11.3 Å². The maximum Gasteiger partial charge on any atom is 0.169 e. The summed E-state index contributed by atoms with van der Waals surface area (Å²) in [7, 11) is 1.50. The van der Waals surface area contributed by atoms with E-state index in [1.807, 2.05) is 19.1 Å². The van der Waals surface area contributed by atoms with Gasteiger partial charge in [-0.3, -0.25) is 4.90 Å². The number of rotatable bonds is 8. The highest BCUT2D eigenvalue weighted by atomic mass is 19.1. The fourth-order valence-corrected chi connectivity index (χ4v) is 3.07. The van der Waals surface area contributed by atoms with Crippen molar-refractivity contribution in [2.45, 2.75) is 46.2 Å². The van der Waals surface area contributed by atoms with Crippen molar-refractivity contribution in [3.05, 3.63) is 29.6 Å². The molecule has 0 saturated heterocycles. The van der Waals surface area contributed by atoms with Crippen molar-refractivity contribution in [1.82, 2.24) is 10.2 Å². The number of hydrogen-bond acceptors (Lipinski definition) is 3. The van der Waals surface area contributed by atoms with E-state index in [-0.39, 0.29) is 17.4 Å². The highest BCUT2D eigenvalue weighted by Crippen LogP contribution is 2.34. The maximum atomic E-state index is 14.7. The highest BCUT2D eigenvalue weighted by Gasteiger charge is 2.36. The molecule has 0 bridgehead atoms. The summed E-state index contributed by atoms with van der Waals surface area (Å²) in [6.45, 7) is 13.3. The SMILES string of the molecule is CCNC(c1cccc(OC)c1F)C(C)(C)N(CC)CC. The van der Waals surface area contributed by atoms with Crippen LogP contribution in [0.5, 0.6) is 5.75 Å². The van der Waals surface area contributed by atoms with E-state index in [1.165, 1.54) is 7.11 Å². The standard InChI is InChI=1S/C17H29FN2O/c1-7-19-16(17(4,5)20(8-2)9-3)13-11-10-12-14(21-6)15(13)18/h10-12,16,19H,7-9H2,1-6H3. The molecule has 0 fully saturated rings. The third-order valence-corrected chi connectivity index (χ3v) is 4.22. The first-order chi connectivity index (χ1) is 9.93. The predicted octanol–water partition coefficient (Wildman–Crippen LogP) is 3.61. The Bertz CT molecular complexity index is 444. The molecule has 4 heteroatoms. The van der Waals surface area contributed by atoms with Crippen molar-refractivity contribution in [2.24, 2.45) is 0 Å². The molecule has 0 aliphatic heterocycles. The summed E-state index contributed by atoms with van der Waals surface area (Å²) < 4.78 is 19.8. The van der Waals surface area contributed by atoms with Crippen LogP contribution in [0.4, 0.5) is 4.39 Å². The molecule has 0 aliphatic carbocycles. The van der Waals surface area contributed by atoms with Crippen molar-refractivity contribution in [3.63, 3.8) is 0 Å². The number of halogens is 1. The number of nitrogens with one attached hydrogen (secondary N) is 1. The Balaban J connectivity index is 3.29. The zero-order chi connectivity index (χ0) is 16.0. The van der Waals surface area contributed by atoms with Gasteiger partial charge < -0.3 is 10.1 Å². The first-order valence-electron chi connectivity index (χ1n) is 7.74. The Morgan fingerprint density at radius 2 is 1.86 bits per heavy atom. The van der Waals surface area contributed by atoms with Gasteiger partial charge in [0.15, 0.2) is 11.6 Å².